The topological polar surface area (TPSA) is 60.9 Å². The maximum Gasteiger partial charge on any atom is 0.303 e. The number of nitrogens with zero attached hydrogens (tertiary/aromatic N) is 2. The first-order valence-electron chi connectivity index (χ1n) is 7.76. The molecule has 2 rings (SSSR count). The van der Waals surface area contributed by atoms with Crippen LogP contribution in [0.3, 0.4) is 0 Å². The zero-order valence-electron chi connectivity index (χ0n) is 13.6. The zero-order chi connectivity index (χ0) is 16.1. The minimum Gasteiger partial charge on any atom is -0.481 e. The average Bonchev–Trinajstić information content (AvgIpc) is 2.73. The van der Waals surface area contributed by atoms with Crippen molar-refractivity contribution in [1.82, 2.24) is 9.80 Å². The summed E-state index contributed by atoms with van der Waals surface area (Å²) in [5.41, 5.74) is 1.14. The van der Waals surface area contributed by atoms with E-state index in [4.69, 9.17) is 5.11 Å². The number of carboxylic acids is 1. The highest BCUT2D eigenvalue weighted by Crippen LogP contribution is 2.23. The van der Waals surface area contributed by atoms with Crippen molar-refractivity contribution in [1.29, 1.82) is 0 Å². The lowest BCUT2D eigenvalue weighted by Gasteiger charge is -2.31. The molecule has 23 heavy (non-hydrogen) atoms. The van der Waals surface area contributed by atoms with E-state index in [1.807, 2.05) is 35.2 Å². The summed E-state index contributed by atoms with van der Waals surface area (Å²) in [6.07, 6.45) is 0.435. The van der Waals surface area contributed by atoms with Crippen LogP contribution in [0.2, 0.25) is 0 Å². The van der Waals surface area contributed by atoms with Crippen LogP contribution in [0.15, 0.2) is 30.3 Å². The lowest BCUT2D eigenvalue weighted by molar-refractivity contribution is -0.138. The standard InChI is InChI=1S/C17H24N2O3.ClH/c1-13(2)10-19-15(8-9-17(21)22)18(12-16(19)20)11-14-6-4-3-5-7-14;/h3-7,13,15H,8-12H2,1-2H3,(H,21,22);1H. The fraction of sp³-hybridized carbons (Fsp3) is 0.529. The summed E-state index contributed by atoms with van der Waals surface area (Å²) < 4.78 is 0. The second-order valence-corrected chi connectivity index (χ2v) is 6.24. The van der Waals surface area contributed by atoms with Crippen molar-refractivity contribution in [3.05, 3.63) is 35.9 Å². The number of amides is 1. The van der Waals surface area contributed by atoms with Crippen LogP contribution >= 0.6 is 12.4 Å². The third-order valence-corrected chi connectivity index (χ3v) is 3.85. The van der Waals surface area contributed by atoms with Crippen LogP contribution in [0.5, 0.6) is 0 Å². The number of carbonyl (C=O) groups excluding carboxylic acids is 1. The van der Waals surface area contributed by atoms with E-state index in [0.29, 0.717) is 32.0 Å². The summed E-state index contributed by atoms with van der Waals surface area (Å²) in [7, 11) is 0. The maximum atomic E-state index is 12.3. The van der Waals surface area contributed by atoms with Crippen LogP contribution in [0.4, 0.5) is 0 Å². The van der Waals surface area contributed by atoms with Gasteiger partial charge in [-0.25, -0.2) is 0 Å². The molecule has 1 saturated heterocycles. The van der Waals surface area contributed by atoms with Gasteiger partial charge in [-0.05, 0) is 17.9 Å². The Hall–Kier alpha value is -1.59. The molecule has 1 aromatic rings. The molecule has 1 amide bonds. The molecule has 1 fully saturated rings. The molecule has 0 aliphatic carbocycles. The molecule has 0 saturated carbocycles. The predicted octanol–water partition coefficient (Wildman–Crippen LogP) is 2.60. The van der Waals surface area contributed by atoms with Crippen molar-refractivity contribution < 1.29 is 14.7 Å². The lowest BCUT2D eigenvalue weighted by atomic mass is 10.1. The Morgan fingerprint density at radius 1 is 1.30 bits per heavy atom. The van der Waals surface area contributed by atoms with Gasteiger partial charge < -0.3 is 10.0 Å². The third-order valence-electron chi connectivity index (χ3n) is 3.85. The molecule has 0 bridgehead atoms. The van der Waals surface area contributed by atoms with Crippen LogP contribution < -0.4 is 0 Å². The smallest absolute Gasteiger partial charge is 0.303 e. The molecule has 6 heteroatoms. The van der Waals surface area contributed by atoms with Gasteiger partial charge in [0.05, 0.1) is 12.7 Å². The molecule has 0 spiro atoms. The predicted molar refractivity (Wildman–Crippen MR) is 91.3 cm³/mol. The van der Waals surface area contributed by atoms with E-state index in [1.165, 1.54) is 0 Å². The molecule has 1 N–H and O–H groups in total. The third kappa shape index (κ3) is 5.52. The van der Waals surface area contributed by atoms with Gasteiger partial charge in [0, 0.05) is 19.5 Å². The highest BCUT2D eigenvalue weighted by molar-refractivity contribution is 5.85. The Morgan fingerprint density at radius 3 is 2.52 bits per heavy atom. The van der Waals surface area contributed by atoms with E-state index in [9.17, 15) is 9.59 Å². The van der Waals surface area contributed by atoms with Gasteiger partial charge in [0.2, 0.25) is 5.91 Å². The van der Waals surface area contributed by atoms with E-state index in [2.05, 4.69) is 18.7 Å². The molecule has 1 heterocycles. The van der Waals surface area contributed by atoms with Crippen molar-refractivity contribution in [2.75, 3.05) is 13.1 Å². The van der Waals surface area contributed by atoms with Gasteiger partial charge in [0.25, 0.3) is 0 Å². The summed E-state index contributed by atoms with van der Waals surface area (Å²) in [6, 6.07) is 9.98. The average molecular weight is 341 g/mol. The van der Waals surface area contributed by atoms with Gasteiger partial charge in [-0.2, -0.15) is 0 Å². The van der Waals surface area contributed by atoms with E-state index < -0.39 is 5.97 Å². The first-order valence-corrected chi connectivity index (χ1v) is 7.76. The molecule has 1 aliphatic heterocycles. The fourth-order valence-electron chi connectivity index (χ4n) is 2.92. The Kier molecular flexibility index (Phi) is 7.52. The summed E-state index contributed by atoms with van der Waals surface area (Å²) in [5, 5.41) is 8.96. The molecule has 1 atom stereocenters. The molecular formula is C17H25ClN2O3. The van der Waals surface area contributed by atoms with Crippen molar-refractivity contribution >= 4 is 24.3 Å². The van der Waals surface area contributed by atoms with E-state index in [0.717, 1.165) is 5.56 Å². The normalized spacial score (nSPS) is 18.3. The van der Waals surface area contributed by atoms with Crippen LogP contribution in [0, 0.1) is 5.92 Å². The first kappa shape index (κ1) is 19.5. The minimum absolute atomic E-state index is 0. The number of carbonyl (C=O) groups is 2. The summed E-state index contributed by atoms with van der Waals surface area (Å²) in [6.45, 7) is 5.86. The Morgan fingerprint density at radius 2 is 1.96 bits per heavy atom. The van der Waals surface area contributed by atoms with E-state index in [1.54, 1.807) is 0 Å². The first-order chi connectivity index (χ1) is 10.5. The molecule has 128 valence electrons. The van der Waals surface area contributed by atoms with Gasteiger partial charge >= 0.3 is 5.97 Å². The number of hydrogen-bond donors (Lipinski definition) is 1. The fourth-order valence-corrected chi connectivity index (χ4v) is 2.92. The number of aliphatic carboxylic acids is 1. The monoisotopic (exact) mass is 340 g/mol. The van der Waals surface area contributed by atoms with E-state index in [-0.39, 0.29) is 30.9 Å². The Labute approximate surface area is 143 Å². The highest BCUT2D eigenvalue weighted by atomic mass is 35.5. The van der Waals surface area contributed by atoms with Crippen molar-refractivity contribution in [3.63, 3.8) is 0 Å². The van der Waals surface area contributed by atoms with Crippen LogP contribution in [-0.4, -0.2) is 46.0 Å². The van der Waals surface area contributed by atoms with Gasteiger partial charge in [-0.3, -0.25) is 14.5 Å². The van der Waals surface area contributed by atoms with Gasteiger partial charge in [-0.15, -0.1) is 12.4 Å². The number of halogens is 1. The second kappa shape index (κ2) is 8.89. The van der Waals surface area contributed by atoms with Crippen molar-refractivity contribution in [2.45, 2.75) is 39.4 Å². The summed E-state index contributed by atoms with van der Waals surface area (Å²) in [5.74, 6) is -0.350. The molecule has 5 nitrogen and oxygen atoms in total. The molecule has 1 unspecified atom stereocenters. The van der Waals surface area contributed by atoms with Crippen LogP contribution in [0.1, 0.15) is 32.3 Å². The van der Waals surface area contributed by atoms with Gasteiger partial charge in [0.1, 0.15) is 0 Å². The van der Waals surface area contributed by atoms with E-state index >= 15 is 0 Å². The molecule has 0 aromatic heterocycles. The minimum atomic E-state index is -0.816. The zero-order valence-corrected chi connectivity index (χ0v) is 14.5. The Balaban J connectivity index is 0.00000264. The van der Waals surface area contributed by atoms with Crippen molar-refractivity contribution in [2.24, 2.45) is 5.92 Å². The number of benzene rings is 1. The maximum absolute atomic E-state index is 12.3. The second-order valence-electron chi connectivity index (χ2n) is 6.24. The van der Waals surface area contributed by atoms with Gasteiger partial charge in [-0.1, -0.05) is 44.2 Å². The van der Waals surface area contributed by atoms with Crippen LogP contribution in [0.25, 0.3) is 0 Å². The molecule has 1 aliphatic rings. The highest BCUT2D eigenvalue weighted by Gasteiger charge is 2.37. The van der Waals surface area contributed by atoms with Crippen molar-refractivity contribution in [3.8, 4) is 0 Å². The largest absolute Gasteiger partial charge is 0.481 e. The number of hydrogen-bond acceptors (Lipinski definition) is 3. The molecular weight excluding hydrogens is 316 g/mol. The van der Waals surface area contributed by atoms with Gasteiger partial charge in [0.15, 0.2) is 0 Å². The number of carboxylic acid groups (broad SMARTS) is 1. The summed E-state index contributed by atoms with van der Waals surface area (Å²) >= 11 is 0. The quantitative estimate of drug-likeness (QED) is 0.828. The summed E-state index contributed by atoms with van der Waals surface area (Å²) in [4.78, 5) is 27.1. The Bertz CT molecular complexity index is 522. The lowest BCUT2D eigenvalue weighted by Crippen LogP contribution is -2.41. The number of rotatable bonds is 7. The molecule has 0 radical (unpaired) electrons. The SMILES string of the molecule is CC(C)CN1C(=O)CN(Cc2ccccc2)C1CCC(=O)O.Cl. The van der Waals surface area contributed by atoms with Crippen LogP contribution in [-0.2, 0) is 16.1 Å². The molecule has 1 aromatic carbocycles.